The molecular weight excluding hydrogens is 683 g/mol. The minimum atomic E-state index is -1.59. The van der Waals surface area contributed by atoms with Gasteiger partial charge < -0.3 is 25.4 Å². The second-order valence-electron chi connectivity index (χ2n) is 14.1. The zero-order valence-electron chi connectivity index (χ0n) is 29.6. The highest BCUT2D eigenvalue weighted by Gasteiger charge is 2.42. The summed E-state index contributed by atoms with van der Waals surface area (Å²) in [4.78, 5) is 69.8. The number of pyridine rings is 1. The molecule has 0 aliphatic carbocycles. The van der Waals surface area contributed by atoms with Crippen LogP contribution in [0.2, 0.25) is 0 Å². The summed E-state index contributed by atoms with van der Waals surface area (Å²) >= 11 is 0. The lowest BCUT2D eigenvalue weighted by Gasteiger charge is -2.30. The molecule has 13 nitrogen and oxygen atoms in total. The number of amides is 5. The molecule has 4 aliphatic rings. The van der Waals surface area contributed by atoms with E-state index in [0.29, 0.717) is 47.8 Å². The summed E-state index contributed by atoms with van der Waals surface area (Å²) in [5.74, 6) is 4.55. The third-order valence-electron chi connectivity index (χ3n) is 10.8. The van der Waals surface area contributed by atoms with Gasteiger partial charge in [-0.15, -0.1) is 0 Å². The van der Waals surface area contributed by atoms with Gasteiger partial charge in [0.15, 0.2) is 6.17 Å². The molecule has 276 valence electrons. The van der Waals surface area contributed by atoms with Crippen LogP contribution in [-0.4, -0.2) is 89.4 Å². The van der Waals surface area contributed by atoms with Crippen molar-refractivity contribution in [2.24, 2.45) is 17.6 Å². The first-order chi connectivity index (χ1) is 25.5. The third-order valence-corrected chi connectivity index (χ3v) is 10.8. The number of rotatable bonds is 9. The molecule has 2 aromatic carbocycles. The van der Waals surface area contributed by atoms with Gasteiger partial charge in [-0.1, -0.05) is 30.9 Å². The van der Waals surface area contributed by atoms with Crippen LogP contribution in [0.5, 0.6) is 11.6 Å². The Morgan fingerprint density at radius 2 is 1.87 bits per heavy atom. The number of benzene rings is 2. The molecule has 5 amide bonds. The summed E-state index contributed by atoms with van der Waals surface area (Å²) in [5.41, 5.74) is 9.01. The second-order valence-corrected chi connectivity index (χ2v) is 14.1. The van der Waals surface area contributed by atoms with E-state index in [9.17, 15) is 28.4 Å². The van der Waals surface area contributed by atoms with E-state index in [4.69, 9.17) is 15.2 Å². The van der Waals surface area contributed by atoms with E-state index in [1.165, 1.54) is 7.11 Å². The lowest BCUT2D eigenvalue weighted by molar-refractivity contribution is -0.137. The summed E-state index contributed by atoms with van der Waals surface area (Å²) < 4.78 is 25.9. The lowest BCUT2D eigenvalue weighted by atomic mass is 9.95. The highest BCUT2D eigenvalue weighted by atomic mass is 19.1. The van der Waals surface area contributed by atoms with E-state index in [0.717, 1.165) is 37.1 Å². The Hall–Kier alpha value is -5.55. The number of nitrogens with zero attached hydrogens (tertiary/aromatic N) is 3. The van der Waals surface area contributed by atoms with Crippen molar-refractivity contribution in [1.82, 2.24) is 25.4 Å². The van der Waals surface area contributed by atoms with Gasteiger partial charge in [0, 0.05) is 53.9 Å². The number of carbonyl (C=O) groups is 5. The van der Waals surface area contributed by atoms with E-state index in [-0.39, 0.29) is 48.0 Å². The molecular formula is C39H41FN6O7. The van der Waals surface area contributed by atoms with Crippen LogP contribution < -0.4 is 25.8 Å². The molecule has 3 saturated heterocycles. The molecule has 4 N–H and O–H groups in total. The number of nitrogens with one attached hydrogen (secondary N) is 2. The zero-order chi connectivity index (χ0) is 37.4. The second kappa shape index (κ2) is 14.8. The molecule has 4 aliphatic heterocycles. The number of imide groups is 1. The highest BCUT2D eigenvalue weighted by molar-refractivity contribution is 6.05. The van der Waals surface area contributed by atoms with Crippen LogP contribution in [0.15, 0.2) is 36.5 Å². The Morgan fingerprint density at radius 1 is 1.08 bits per heavy atom. The van der Waals surface area contributed by atoms with E-state index in [1.54, 1.807) is 23.2 Å². The number of primary amides is 1. The topological polar surface area (TPSA) is 173 Å². The Labute approximate surface area is 305 Å². The van der Waals surface area contributed by atoms with E-state index in [1.807, 2.05) is 25.1 Å². The van der Waals surface area contributed by atoms with Crippen molar-refractivity contribution in [3.05, 3.63) is 64.3 Å². The van der Waals surface area contributed by atoms with Crippen LogP contribution in [0.4, 0.5) is 4.39 Å². The molecule has 0 bridgehead atoms. The standard InChI is InChI=1S/C39H41FN6O7/c1-3-25-30(43-37(50)34(25)40)20-53-38-28-16-32(52-2)29(35(41)48)15-27(28)23(17-42-38)6-4-21-10-12-45(13-11-21)18-22-5-7-26-24(14-22)19-46(39(26)51)31-8-9-33(47)44-36(31)49/h5,7,14-17,21,25,30-31,34H,3,8-13,18-20H2,1-2H3,(H2,41,48)(H,43,50)(H,44,47,49)/t25-,30+,31?,34-/m0/s1. The van der Waals surface area contributed by atoms with Gasteiger partial charge in [0.1, 0.15) is 18.4 Å². The minimum absolute atomic E-state index is 0.0145. The summed E-state index contributed by atoms with van der Waals surface area (Å²) in [6, 6.07) is 7.92. The maximum atomic E-state index is 14.4. The van der Waals surface area contributed by atoms with Crippen LogP contribution >= 0.6 is 0 Å². The van der Waals surface area contributed by atoms with Crippen molar-refractivity contribution in [3.8, 4) is 23.5 Å². The maximum Gasteiger partial charge on any atom is 0.255 e. The number of likely N-dealkylation sites (tertiary alicyclic amines) is 1. The van der Waals surface area contributed by atoms with Crippen LogP contribution in [0.3, 0.4) is 0 Å². The molecule has 1 unspecified atom stereocenters. The first-order valence-corrected chi connectivity index (χ1v) is 17.9. The number of fused-ring (bicyclic) bond motifs is 2. The molecule has 1 aromatic heterocycles. The number of piperidine rings is 2. The molecule has 14 heteroatoms. The SMILES string of the molecule is CC[C@@H]1[C@H](F)C(=O)N[C@@H]1COc1ncc(C#CC2CCN(Cc3ccc4c(c3)CN(C3CCC(=O)NC3=O)C4=O)CC2)c2cc(C(N)=O)c(OC)cc12. The zero-order valence-corrected chi connectivity index (χ0v) is 29.6. The molecule has 53 heavy (non-hydrogen) atoms. The van der Waals surface area contributed by atoms with E-state index in [2.05, 4.69) is 32.4 Å². The van der Waals surface area contributed by atoms with Gasteiger partial charge in [-0.2, -0.15) is 0 Å². The number of carbonyl (C=O) groups excluding carboxylic acids is 5. The molecule has 7 rings (SSSR count). The Bertz CT molecular complexity index is 2070. The summed E-state index contributed by atoms with van der Waals surface area (Å²) in [6.07, 6.45) is 2.69. The Morgan fingerprint density at radius 3 is 2.58 bits per heavy atom. The monoisotopic (exact) mass is 724 g/mol. The first-order valence-electron chi connectivity index (χ1n) is 17.9. The number of ether oxygens (including phenoxy) is 2. The van der Waals surface area contributed by atoms with Crippen molar-refractivity contribution < 1.29 is 37.8 Å². The van der Waals surface area contributed by atoms with Crippen LogP contribution in [0.25, 0.3) is 10.8 Å². The predicted molar refractivity (Wildman–Crippen MR) is 190 cm³/mol. The average Bonchev–Trinajstić information content (AvgIpc) is 3.62. The summed E-state index contributed by atoms with van der Waals surface area (Å²) in [6.45, 7) is 4.54. The number of aromatic nitrogens is 1. The molecule has 3 aromatic rings. The van der Waals surface area contributed by atoms with Crippen LogP contribution in [0.1, 0.15) is 76.4 Å². The highest BCUT2D eigenvalue weighted by Crippen LogP contribution is 2.34. The van der Waals surface area contributed by atoms with E-state index < -0.39 is 41.9 Å². The fourth-order valence-corrected chi connectivity index (χ4v) is 7.81. The van der Waals surface area contributed by atoms with Crippen molar-refractivity contribution in [3.63, 3.8) is 0 Å². The Kier molecular flexibility index (Phi) is 10.0. The summed E-state index contributed by atoms with van der Waals surface area (Å²) in [7, 11) is 1.43. The molecule has 5 heterocycles. The quantitative estimate of drug-likeness (QED) is 0.222. The normalized spacial score (nSPS) is 23.3. The van der Waals surface area contributed by atoms with Gasteiger partial charge in [0.05, 0.1) is 24.3 Å². The minimum Gasteiger partial charge on any atom is -0.496 e. The first kappa shape index (κ1) is 35.8. The lowest BCUT2D eigenvalue weighted by Crippen LogP contribution is -2.52. The number of halogens is 1. The van der Waals surface area contributed by atoms with Crippen molar-refractivity contribution >= 4 is 40.3 Å². The number of nitrogens with two attached hydrogens (primary N) is 1. The molecule has 0 radical (unpaired) electrons. The van der Waals surface area contributed by atoms with Gasteiger partial charge in [-0.25, -0.2) is 9.37 Å². The fraction of sp³-hybridized carbons (Fsp3) is 0.436. The fourth-order valence-electron chi connectivity index (χ4n) is 7.81. The van der Waals surface area contributed by atoms with Gasteiger partial charge in [0.2, 0.25) is 17.7 Å². The molecule has 4 atom stereocenters. The third kappa shape index (κ3) is 7.13. The average molecular weight is 725 g/mol. The number of hydrogen-bond acceptors (Lipinski definition) is 9. The summed E-state index contributed by atoms with van der Waals surface area (Å²) in [5, 5.41) is 6.15. The van der Waals surface area contributed by atoms with Crippen molar-refractivity contribution in [1.29, 1.82) is 0 Å². The number of methoxy groups -OCH3 is 1. The van der Waals surface area contributed by atoms with Crippen LogP contribution in [-0.2, 0) is 27.5 Å². The number of hydrogen-bond donors (Lipinski definition) is 3. The smallest absolute Gasteiger partial charge is 0.255 e. The Balaban J connectivity index is 1.02. The molecule has 0 saturated carbocycles. The molecule has 0 spiro atoms. The van der Waals surface area contributed by atoms with Gasteiger partial charge in [-0.05, 0) is 68.1 Å². The number of alkyl halides is 1. The van der Waals surface area contributed by atoms with Gasteiger partial charge in [0.25, 0.3) is 17.7 Å². The van der Waals surface area contributed by atoms with Crippen molar-refractivity contribution in [2.75, 3.05) is 26.8 Å². The maximum absolute atomic E-state index is 14.4. The largest absolute Gasteiger partial charge is 0.496 e. The predicted octanol–water partition coefficient (Wildman–Crippen LogP) is 2.61. The van der Waals surface area contributed by atoms with Crippen LogP contribution in [0, 0.1) is 23.7 Å². The van der Waals surface area contributed by atoms with Gasteiger partial charge >= 0.3 is 0 Å². The van der Waals surface area contributed by atoms with E-state index >= 15 is 0 Å². The molecule has 3 fully saturated rings. The van der Waals surface area contributed by atoms with Gasteiger partial charge in [-0.3, -0.25) is 34.2 Å². The van der Waals surface area contributed by atoms with Crippen molar-refractivity contribution in [2.45, 2.75) is 70.4 Å².